The number of H-pyrrole nitrogens is 1. The Balaban J connectivity index is 1.77. The minimum absolute atomic E-state index is 0.805. The molecule has 3 rings (SSSR count). The maximum atomic E-state index is 5.39. The highest BCUT2D eigenvalue weighted by Crippen LogP contribution is 2.27. The number of nitrogens with one attached hydrogen (secondary N) is 1. The van der Waals surface area contributed by atoms with Crippen molar-refractivity contribution in [2.75, 3.05) is 0 Å². The number of aromatic amines is 1. The number of fused-ring (bicyclic) bond motifs is 1. The van der Waals surface area contributed by atoms with Crippen molar-refractivity contribution in [1.82, 2.24) is 14.5 Å². The van der Waals surface area contributed by atoms with Gasteiger partial charge in [0.05, 0.1) is 5.52 Å². The first kappa shape index (κ1) is 11.9. The molecule has 3 nitrogen and oxygen atoms in total. The van der Waals surface area contributed by atoms with Gasteiger partial charge in [-0.1, -0.05) is 32.1 Å². The summed E-state index contributed by atoms with van der Waals surface area (Å²) in [6.45, 7) is 1.00. The number of hydrogen-bond acceptors (Lipinski definition) is 2. The van der Waals surface area contributed by atoms with Crippen molar-refractivity contribution in [3.8, 4) is 0 Å². The highest BCUT2D eigenvalue weighted by atomic mass is 32.1. The van der Waals surface area contributed by atoms with Gasteiger partial charge in [-0.2, -0.15) is 0 Å². The van der Waals surface area contributed by atoms with Crippen molar-refractivity contribution in [2.24, 2.45) is 5.92 Å². The number of aryl methyl sites for hydroxylation is 1. The summed E-state index contributed by atoms with van der Waals surface area (Å²) in [5.41, 5.74) is 2.05. The van der Waals surface area contributed by atoms with Gasteiger partial charge in [-0.3, -0.25) is 0 Å². The number of pyridine rings is 1. The molecule has 0 spiro atoms. The predicted octanol–water partition coefficient (Wildman–Crippen LogP) is 4.06. The number of nitrogens with zero attached hydrogens (tertiary/aromatic N) is 2. The van der Waals surface area contributed by atoms with Crippen molar-refractivity contribution >= 4 is 23.4 Å². The molecule has 1 saturated carbocycles. The zero-order valence-corrected chi connectivity index (χ0v) is 11.4. The van der Waals surface area contributed by atoms with E-state index in [9.17, 15) is 0 Å². The van der Waals surface area contributed by atoms with Crippen LogP contribution in [0.1, 0.15) is 38.5 Å². The number of imidazole rings is 1. The molecule has 0 bridgehead atoms. The van der Waals surface area contributed by atoms with Gasteiger partial charge in [0.1, 0.15) is 0 Å². The molecular weight excluding hydrogens is 242 g/mol. The fourth-order valence-electron chi connectivity index (χ4n) is 2.98. The molecule has 18 heavy (non-hydrogen) atoms. The standard InChI is InChI=1S/C14H19N3S/c18-14-16-12-7-4-9-15-13(12)17(14)10-8-11-5-2-1-3-6-11/h4,7,9,11H,1-3,5-6,8,10H2,(H,16,18). The van der Waals surface area contributed by atoms with Crippen molar-refractivity contribution in [2.45, 2.75) is 45.1 Å². The Morgan fingerprint density at radius 3 is 3.00 bits per heavy atom. The van der Waals surface area contributed by atoms with Crippen LogP contribution in [0.2, 0.25) is 0 Å². The summed E-state index contributed by atoms with van der Waals surface area (Å²) in [5, 5.41) is 0. The minimum atomic E-state index is 0.805. The highest BCUT2D eigenvalue weighted by Gasteiger charge is 2.14. The van der Waals surface area contributed by atoms with Gasteiger partial charge in [0.25, 0.3) is 0 Å². The molecule has 0 amide bonds. The van der Waals surface area contributed by atoms with Crippen LogP contribution in [0.5, 0.6) is 0 Å². The number of rotatable bonds is 3. The zero-order valence-electron chi connectivity index (χ0n) is 10.6. The maximum Gasteiger partial charge on any atom is 0.179 e. The summed E-state index contributed by atoms with van der Waals surface area (Å²) in [5.74, 6) is 0.884. The van der Waals surface area contributed by atoms with Crippen LogP contribution in [0, 0.1) is 10.7 Å². The smallest absolute Gasteiger partial charge is 0.179 e. The van der Waals surface area contributed by atoms with E-state index < -0.39 is 0 Å². The van der Waals surface area contributed by atoms with E-state index in [2.05, 4.69) is 14.5 Å². The molecule has 1 aliphatic carbocycles. The lowest BCUT2D eigenvalue weighted by molar-refractivity contribution is 0.324. The van der Waals surface area contributed by atoms with E-state index in [4.69, 9.17) is 12.2 Å². The van der Waals surface area contributed by atoms with Gasteiger partial charge in [0.2, 0.25) is 0 Å². The van der Waals surface area contributed by atoms with Crippen LogP contribution >= 0.6 is 12.2 Å². The Labute approximate surface area is 112 Å². The fraction of sp³-hybridized carbons (Fsp3) is 0.571. The van der Waals surface area contributed by atoms with E-state index in [1.807, 2.05) is 18.3 Å². The van der Waals surface area contributed by atoms with E-state index in [1.54, 1.807) is 0 Å². The Kier molecular flexibility index (Phi) is 3.46. The van der Waals surface area contributed by atoms with Gasteiger partial charge in [-0.05, 0) is 36.7 Å². The lowest BCUT2D eigenvalue weighted by Crippen LogP contribution is -2.10. The zero-order chi connectivity index (χ0) is 12.4. The molecule has 0 aliphatic heterocycles. The molecule has 1 N–H and O–H groups in total. The second-order valence-corrected chi connectivity index (χ2v) is 5.64. The Bertz CT molecular complexity index is 578. The molecule has 0 unspecified atom stereocenters. The van der Waals surface area contributed by atoms with Crippen molar-refractivity contribution in [3.63, 3.8) is 0 Å². The normalized spacial score (nSPS) is 17.3. The van der Waals surface area contributed by atoms with E-state index in [0.717, 1.165) is 28.4 Å². The second kappa shape index (κ2) is 5.22. The summed E-state index contributed by atoms with van der Waals surface area (Å²) < 4.78 is 2.96. The molecular formula is C14H19N3S. The molecule has 0 atom stereocenters. The average Bonchev–Trinajstić information content (AvgIpc) is 2.73. The van der Waals surface area contributed by atoms with Crippen molar-refractivity contribution < 1.29 is 0 Å². The molecule has 1 fully saturated rings. The summed E-state index contributed by atoms with van der Waals surface area (Å²) in [6.07, 6.45) is 10.1. The van der Waals surface area contributed by atoms with Crippen LogP contribution in [0.3, 0.4) is 0 Å². The topological polar surface area (TPSA) is 33.6 Å². The van der Waals surface area contributed by atoms with Crippen LogP contribution in [-0.4, -0.2) is 14.5 Å². The van der Waals surface area contributed by atoms with Gasteiger partial charge in [-0.15, -0.1) is 0 Å². The van der Waals surface area contributed by atoms with E-state index in [1.165, 1.54) is 38.5 Å². The lowest BCUT2D eigenvalue weighted by atomic mass is 9.87. The summed E-state index contributed by atoms with van der Waals surface area (Å²) in [4.78, 5) is 7.66. The van der Waals surface area contributed by atoms with Gasteiger partial charge in [-0.25, -0.2) is 4.98 Å². The summed E-state index contributed by atoms with van der Waals surface area (Å²) in [7, 11) is 0. The van der Waals surface area contributed by atoms with Crippen LogP contribution in [0.25, 0.3) is 11.2 Å². The first-order chi connectivity index (χ1) is 8.84. The Hall–Kier alpha value is -1.16. The predicted molar refractivity (Wildman–Crippen MR) is 76.1 cm³/mol. The average molecular weight is 261 g/mol. The molecule has 2 heterocycles. The molecule has 2 aromatic heterocycles. The fourth-order valence-corrected chi connectivity index (χ4v) is 3.27. The second-order valence-electron chi connectivity index (χ2n) is 5.25. The molecule has 2 aromatic rings. The van der Waals surface area contributed by atoms with Crippen molar-refractivity contribution in [3.05, 3.63) is 23.1 Å². The quantitative estimate of drug-likeness (QED) is 0.845. The molecule has 96 valence electrons. The monoisotopic (exact) mass is 261 g/mol. The highest BCUT2D eigenvalue weighted by molar-refractivity contribution is 7.71. The third-order valence-electron chi connectivity index (χ3n) is 4.01. The largest absolute Gasteiger partial charge is 0.329 e. The SMILES string of the molecule is S=c1[nH]c2cccnc2n1CCC1CCCCC1. The van der Waals surface area contributed by atoms with Crippen LogP contribution in [0.15, 0.2) is 18.3 Å². The van der Waals surface area contributed by atoms with E-state index >= 15 is 0 Å². The van der Waals surface area contributed by atoms with Crippen LogP contribution in [0.4, 0.5) is 0 Å². The Morgan fingerprint density at radius 2 is 2.17 bits per heavy atom. The molecule has 1 aliphatic rings. The number of aromatic nitrogens is 3. The van der Waals surface area contributed by atoms with Crippen molar-refractivity contribution in [1.29, 1.82) is 0 Å². The Morgan fingerprint density at radius 1 is 1.33 bits per heavy atom. The molecule has 0 aromatic carbocycles. The third-order valence-corrected chi connectivity index (χ3v) is 4.34. The lowest BCUT2D eigenvalue weighted by Gasteiger charge is -2.21. The third kappa shape index (κ3) is 2.34. The van der Waals surface area contributed by atoms with Gasteiger partial charge in [0, 0.05) is 12.7 Å². The van der Waals surface area contributed by atoms with Crippen LogP contribution in [-0.2, 0) is 6.54 Å². The van der Waals surface area contributed by atoms with E-state index in [0.29, 0.717) is 0 Å². The van der Waals surface area contributed by atoms with Gasteiger partial charge in [0.15, 0.2) is 10.4 Å². The van der Waals surface area contributed by atoms with E-state index in [-0.39, 0.29) is 0 Å². The summed E-state index contributed by atoms with van der Waals surface area (Å²) in [6, 6.07) is 3.98. The molecule has 0 saturated heterocycles. The van der Waals surface area contributed by atoms with Gasteiger partial charge < -0.3 is 9.55 Å². The summed E-state index contributed by atoms with van der Waals surface area (Å²) >= 11 is 5.39. The van der Waals surface area contributed by atoms with Crippen LogP contribution < -0.4 is 0 Å². The first-order valence-corrected chi connectivity index (χ1v) is 7.29. The minimum Gasteiger partial charge on any atom is -0.329 e. The van der Waals surface area contributed by atoms with Gasteiger partial charge >= 0.3 is 0 Å². The maximum absolute atomic E-state index is 5.39. The number of hydrogen-bond donors (Lipinski definition) is 1. The first-order valence-electron chi connectivity index (χ1n) is 6.88. The molecule has 4 heteroatoms. The molecule has 0 radical (unpaired) electrons.